The van der Waals surface area contributed by atoms with Crippen LogP contribution in [0.4, 0.5) is 0 Å². The van der Waals surface area contributed by atoms with Crippen molar-refractivity contribution in [2.24, 2.45) is 11.1 Å². The highest BCUT2D eigenvalue weighted by Crippen LogP contribution is 2.31. The van der Waals surface area contributed by atoms with Crippen LogP contribution in [-0.2, 0) is 4.79 Å². The first-order valence-corrected chi connectivity index (χ1v) is 11.8. The van der Waals surface area contributed by atoms with Gasteiger partial charge in [0.25, 0.3) is 0 Å². The largest absolute Gasteiger partial charge is 0.318 e. The summed E-state index contributed by atoms with van der Waals surface area (Å²) >= 11 is 11.5. The lowest BCUT2D eigenvalue weighted by molar-refractivity contribution is -0.118. The third-order valence-electron chi connectivity index (χ3n) is 5.08. The van der Waals surface area contributed by atoms with Crippen molar-refractivity contribution >= 4 is 43.7 Å². The van der Waals surface area contributed by atoms with Gasteiger partial charge in [-0.3, -0.25) is 9.59 Å². The van der Waals surface area contributed by atoms with E-state index in [2.05, 4.69) is 49.1 Å². The number of carbonyl (C=O) groups excluding carboxylic acids is 2. The average Bonchev–Trinajstić information content (AvgIpc) is 2.67. The Hall–Kier alpha value is -1.25. The molecule has 2 aromatic rings. The van der Waals surface area contributed by atoms with E-state index in [9.17, 15) is 9.59 Å². The summed E-state index contributed by atoms with van der Waals surface area (Å²) in [4.78, 5) is 22.2. The van der Waals surface area contributed by atoms with Gasteiger partial charge in [-0.15, -0.1) is 0 Å². The van der Waals surface area contributed by atoms with E-state index in [1.165, 1.54) is 25.3 Å². The van der Waals surface area contributed by atoms with E-state index in [1.807, 2.05) is 12.1 Å². The Kier molecular flexibility index (Phi) is 11.4. The number of carbonyl (C=O) groups is 2. The molecule has 0 aliphatic rings. The zero-order valence-electron chi connectivity index (χ0n) is 19.0. The lowest BCUT2D eigenvalue weighted by atomic mass is 9.83. The SMILES string of the molecule is CC(=O)C(N)c1cc(Cl)cc(Cl)c1.CCC(CCC(C)(C)C)c1ccc(C(=O)P)cc1. The fraction of sp³-hybridized carbons (Fsp3) is 0.440. The van der Waals surface area contributed by atoms with Crippen LogP contribution in [0.5, 0.6) is 0 Å². The zero-order valence-corrected chi connectivity index (χ0v) is 21.7. The molecule has 3 nitrogen and oxygen atoms in total. The van der Waals surface area contributed by atoms with Gasteiger partial charge in [0.05, 0.1) is 6.04 Å². The number of Topliss-reactive ketones (excluding diaryl/α,β-unsaturated/α-hetero) is 1. The van der Waals surface area contributed by atoms with Gasteiger partial charge < -0.3 is 5.73 Å². The molecule has 0 amide bonds. The predicted molar refractivity (Wildman–Crippen MR) is 136 cm³/mol. The van der Waals surface area contributed by atoms with Gasteiger partial charge in [0, 0.05) is 15.6 Å². The lowest BCUT2D eigenvalue weighted by Gasteiger charge is -2.22. The maximum atomic E-state index is 11.2. The first kappa shape index (κ1) is 27.8. The molecule has 170 valence electrons. The van der Waals surface area contributed by atoms with Crippen LogP contribution in [-0.4, -0.2) is 11.3 Å². The van der Waals surface area contributed by atoms with E-state index in [-0.39, 0.29) is 11.3 Å². The van der Waals surface area contributed by atoms with E-state index in [0.717, 1.165) is 12.0 Å². The van der Waals surface area contributed by atoms with Crippen LogP contribution in [0.2, 0.25) is 10.0 Å². The highest BCUT2D eigenvalue weighted by atomic mass is 35.5. The van der Waals surface area contributed by atoms with Gasteiger partial charge in [-0.1, -0.05) is 84.4 Å². The first-order valence-electron chi connectivity index (χ1n) is 10.5. The van der Waals surface area contributed by atoms with Gasteiger partial charge in [-0.05, 0) is 66.8 Å². The third-order valence-corrected chi connectivity index (χ3v) is 5.85. The molecule has 31 heavy (non-hydrogen) atoms. The van der Waals surface area contributed by atoms with Gasteiger partial charge >= 0.3 is 0 Å². The van der Waals surface area contributed by atoms with Crippen molar-refractivity contribution < 1.29 is 9.59 Å². The van der Waals surface area contributed by atoms with Gasteiger partial charge in [0.2, 0.25) is 0 Å². The van der Waals surface area contributed by atoms with Crippen molar-refractivity contribution in [2.75, 3.05) is 0 Å². The van der Waals surface area contributed by atoms with Crippen LogP contribution < -0.4 is 5.73 Å². The summed E-state index contributed by atoms with van der Waals surface area (Å²) in [7, 11) is 2.22. The fourth-order valence-corrected chi connectivity index (χ4v) is 3.86. The maximum Gasteiger partial charge on any atom is 0.178 e. The van der Waals surface area contributed by atoms with Crippen LogP contribution in [0, 0.1) is 5.41 Å². The molecule has 0 aliphatic heterocycles. The van der Waals surface area contributed by atoms with Crippen molar-refractivity contribution in [2.45, 2.75) is 65.8 Å². The van der Waals surface area contributed by atoms with E-state index in [4.69, 9.17) is 28.9 Å². The minimum absolute atomic E-state index is 0.0595. The molecule has 0 spiro atoms. The molecule has 6 heteroatoms. The summed E-state index contributed by atoms with van der Waals surface area (Å²) in [6.07, 6.45) is 3.61. The maximum absolute atomic E-state index is 11.2. The van der Waals surface area contributed by atoms with E-state index < -0.39 is 6.04 Å². The summed E-state index contributed by atoms with van der Waals surface area (Å²) in [5.74, 6) is 0.496. The van der Waals surface area contributed by atoms with Gasteiger partial charge in [-0.2, -0.15) is 0 Å². The summed E-state index contributed by atoms with van der Waals surface area (Å²) in [6, 6.07) is 12.3. The average molecular weight is 482 g/mol. The molecule has 0 heterocycles. The van der Waals surface area contributed by atoms with Crippen LogP contribution in [0.3, 0.4) is 0 Å². The normalized spacial score (nSPS) is 13.1. The Morgan fingerprint density at radius 3 is 1.90 bits per heavy atom. The standard InChI is InChI=1S/C16H25OP.C9H9Cl2NO/c1-5-12(10-11-16(2,3)4)13-6-8-14(9-7-13)15(17)18;1-5(13)9(12)6-2-7(10)4-8(11)3-6/h6-9,12H,5,10-11,18H2,1-4H3;2-4,9H,12H2,1H3. The molecule has 0 radical (unpaired) electrons. The molecule has 0 saturated carbocycles. The van der Waals surface area contributed by atoms with Crippen molar-refractivity contribution in [3.63, 3.8) is 0 Å². The molecule has 0 aliphatic carbocycles. The van der Waals surface area contributed by atoms with E-state index >= 15 is 0 Å². The molecule has 2 rings (SSSR count). The molecular weight excluding hydrogens is 448 g/mol. The fourth-order valence-electron chi connectivity index (χ4n) is 3.12. The van der Waals surface area contributed by atoms with E-state index in [1.54, 1.807) is 18.2 Å². The minimum Gasteiger partial charge on any atom is -0.318 e. The summed E-state index contributed by atoms with van der Waals surface area (Å²) in [5.41, 5.74) is 8.83. The minimum atomic E-state index is -0.642. The summed E-state index contributed by atoms with van der Waals surface area (Å²) < 4.78 is 0. The van der Waals surface area contributed by atoms with Crippen LogP contribution in [0.25, 0.3) is 0 Å². The molecule has 0 fully saturated rings. The molecule has 2 N–H and O–H groups in total. The Labute approximate surface area is 199 Å². The highest BCUT2D eigenvalue weighted by Gasteiger charge is 2.16. The number of ketones is 1. The molecule has 2 aromatic carbocycles. The second-order valence-corrected chi connectivity index (χ2v) is 10.4. The Balaban J connectivity index is 0.000000327. The molecule has 0 saturated heterocycles. The summed E-state index contributed by atoms with van der Waals surface area (Å²) in [6.45, 7) is 10.5. The van der Waals surface area contributed by atoms with Crippen molar-refractivity contribution in [1.29, 1.82) is 0 Å². The van der Waals surface area contributed by atoms with Crippen LogP contribution >= 0.6 is 32.4 Å². The summed E-state index contributed by atoms with van der Waals surface area (Å²) in [5, 5.41) is 0.971. The third kappa shape index (κ3) is 10.3. The van der Waals surface area contributed by atoms with Crippen molar-refractivity contribution in [3.8, 4) is 0 Å². The molecule has 0 bridgehead atoms. The highest BCUT2D eigenvalue weighted by molar-refractivity contribution is 7.41. The zero-order chi connectivity index (χ0) is 23.8. The number of halogens is 2. The van der Waals surface area contributed by atoms with Crippen molar-refractivity contribution in [1.82, 2.24) is 0 Å². The Morgan fingerprint density at radius 1 is 1.00 bits per heavy atom. The monoisotopic (exact) mass is 481 g/mol. The molecule has 0 aromatic heterocycles. The smallest absolute Gasteiger partial charge is 0.178 e. The van der Waals surface area contributed by atoms with Gasteiger partial charge in [0.15, 0.2) is 11.3 Å². The number of hydrogen-bond acceptors (Lipinski definition) is 3. The lowest BCUT2D eigenvalue weighted by Crippen LogP contribution is -2.18. The quantitative estimate of drug-likeness (QED) is 0.413. The molecular formula is C25H34Cl2NO2P. The van der Waals surface area contributed by atoms with Gasteiger partial charge in [-0.25, -0.2) is 0 Å². The van der Waals surface area contributed by atoms with E-state index in [0.29, 0.717) is 26.9 Å². The Bertz CT molecular complexity index is 856. The van der Waals surface area contributed by atoms with Gasteiger partial charge in [0.1, 0.15) is 0 Å². The predicted octanol–water partition coefficient (Wildman–Crippen LogP) is 7.60. The Morgan fingerprint density at radius 2 is 1.52 bits per heavy atom. The first-order chi connectivity index (χ1) is 14.3. The van der Waals surface area contributed by atoms with Crippen LogP contribution in [0.15, 0.2) is 42.5 Å². The molecule has 3 atom stereocenters. The second-order valence-electron chi connectivity index (χ2n) is 8.98. The number of rotatable bonds is 7. The second kappa shape index (κ2) is 12.7. The number of hydrogen-bond donors (Lipinski definition) is 1. The topological polar surface area (TPSA) is 60.2 Å². The van der Waals surface area contributed by atoms with Crippen LogP contribution in [0.1, 0.15) is 87.3 Å². The number of benzene rings is 2. The molecule has 3 unspecified atom stereocenters. The number of nitrogens with two attached hydrogens (primary N) is 1. The van der Waals surface area contributed by atoms with Crippen molar-refractivity contribution in [3.05, 3.63) is 69.2 Å².